The lowest BCUT2D eigenvalue weighted by Gasteiger charge is -2.23. The van der Waals surface area contributed by atoms with E-state index in [-0.39, 0.29) is 24.6 Å². The molecule has 0 bridgehead atoms. The smallest absolute Gasteiger partial charge is 0.254 e. The molecule has 0 spiro atoms. The van der Waals surface area contributed by atoms with Gasteiger partial charge in [0.1, 0.15) is 0 Å². The Morgan fingerprint density at radius 3 is 2.63 bits per heavy atom. The third-order valence-corrected chi connectivity index (χ3v) is 4.69. The van der Waals surface area contributed by atoms with E-state index >= 15 is 0 Å². The fourth-order valence-electron chi connectivity index (χ4n) is 3.19. The number of H-pyrrole nitrogens is 1. The Kier molecular flexibility index (Phi) is 5.72. The second kappa shape index (κ2) is 8.18. The Morgan fingerprint density at radius 1 is 1.11 bits per heavy atom. The van der Waals surface area contributed by atoms with Crippen LogP contribution in [0, 0.1) is 13.8 Å². The SMILES string of the molecule is Cc1ccc2[nH]c(=O)c(CN(CCCO)C(=O)c3ccccc3C)cc2c1. The van der Waals surface area contributed by atoms with Gasteiger partial charge in [-0.2, -0.15) is 0 Å². The van der Waals surface area contributed by atoms with Crippen molar-refractivity contribution in [2.24, 2.45) is 0 Å². The summed E-state index contributed by atoms with van der Waals surface area (Å²) in [4.78, 5) is 30.1. The number of nitrogens with zero attached hydrogens (tertiary/aromatic N) is 1. The largest absolute Gasteiger partial charge is 0.396 e. The highest BCUT2D eigenvalue weighted by molar-refractivity contribution is 5.95. The summed E-state index contributed by atoms with van der Waals surface area (Å²) in [5.41, 5.74) is 3.73. The number of aliphatic hydroxyl groups is 1. The van der Waals surface area contributed by atoms with Crippen LogP contribution in [0.25, 0.3) is 10.9 Å². The number of aryl methyl sites for hydroxylation is 2. The van der Waals surface area contributed by atoms with Crippen molar-refractivity contribution in [1.29, 1.82) is 0 Å². The first-order valence-corrected chi connectivity index (χ1v) is 9.08. The Morgan fingerprint density at radius 2 is 1.89 bits per heavy atom. The number of rotatable bonds is 6. The number of benzene rings is 2. The molecule has 0 aliphatic carbocycles. The number of carbonyl (C=O) groups excluding carboxylic acids is 1. The van der Waals surface area contributed by atoms with Crippen LogP contribution in [0.15, 0.2) is 53.3 Å². The van der Waals surface area contributed by atoms with Crippen LogP contribution in [0.4, 0.5) is 0 Å². The standard InChI is InChI=1S/C22H24N2O3/c1-15-8-9-20-17(12-15)13-18(21(26)23-20)14-24(10-5-11-25)22(27)19-7-4-3-6-16(19)2/h3-4,6-9,12-13,25H,5,10-11,14H2,1-2H3,(H,23,26). The second-order valence-electron chi connectivity index (χ2n) is 6.83. The summed E-state index contributed by atoms with van der Waals surface area (Å²) >= 11 is 0. The van der Waals surface area contributed by atoms with Gasteiger partial charge < -0.3 is 15.0 Å². The first-order chi connectivity index (χ1) is 13.0. The van der Waals surface area contributed by atoms with Gasteiger partial charge in [0, 0.05) is 29.8 Å². The van der Waals surface area contributed by atoms with E-state index in [0.717, 1.165) is 22.0 Å². The van der Waals surface area contributed by atoms with Gasteiger partial charge in [-0.1, -0.05) is 29.8 Å². The zero-order valence-corrected chi connectivity index (χ0v) is 15.7. The summed E-state index contributed by atoms with van der Waals surface area (Å²) in [6, 6.07) is 15.1. The average Bonchev–Trinajstić information content (AvgIpc) is 2.65. The van der Waals surface area contributed by atoms with E-state index in [1.807, 2.05) is 56.3 Å². The molecule has 0 unspecified atom stereocenters. The van der Waals surface area contributed by atoms with Crippen LogP contribution in [0.1, 0.15) is 33.5 Å². The molecule has 27 heavy (non-hydrogen) atoms. The van der Waals surface area contributed by atoms with Gasteiger partial charge in [-0.25, -0.2) is 0 Å². The molecule has 2 aromatic carbocycles. The van der Waals surface area contributed by atoms with Crippen LogP contribution >= 0.6 is 0 Å². The van der Waals surface area contributed by atoms with E-state index < -0.39 is 0 Å². The minimum Gasteiger partial charge on any atom is -0.396 e. The highest BCUT2D eigenvalue weighted by atomic mass is 16.3. The number of aliphatic hydroxyl groups excluding tert-OH is 1. The lowest BCUT2D eigenvalue weighted by molar-refractivity contribution is 0.0730. The van der Waals surface area contributed by atoms with E-state index in [1.54, 1.807) is 11.0 Å². The minimum atomic E-state index is -0.196. The van der Waals surface area contributed by atoms with Crippen molar-refractivity contribution in [3.05, 3.63) is 81.1 Å². The molecule has 1 amide bonds. The molecule has 0 atom stereocenters. The fourth-order valence-corrected chi connectivity index (χ4v) is 3.19. The number of pyridine rings is 1. The molecule has 5 nitrogen and oxygen atoms in total. The van der Waals surface area contributed by atoms with Crippen LogP contribution in [0.3, 0.4) is 0 Å². The van der Waals surface area contributed by atoms with E-state index in [0.29, 0.717) is 24.1 Å². The molecule has 0 saturated heterocycles. The van der Waals surface area contributed by atoms with Gasteiger partial charge in [0.05, 0.1) is 6.54 Å². The van der Waals surface area contributed by atoms with Crippen molar-refractivity contribution in [1.82, 2.24) is 9.88 Å². The Hall–Kier alpha value is -2.92. The van der Waals surface area contributed by atoms with Crippen LogP contribution in [0.5, 0.6) is 0 Å². The minimum absolute atomic E-state index is 0.00910. The van der Waals surface area contributed by atoms with Gasteiger partial charge >= 0.3 is 0 Å². The first kappa shape index (κ1) is 18.9. The maximum atomic E-state index is 13.0. The Balaban J connectivity index is 1.96. The predicted octanol–water partition coefficient (Wildman–Crippen LogP) is 3.17. The van der Waals surface area contributed by atoms with Crippen LogP contribution < -0.4 is 5.56 Å². The fraction of sp³-hybridized carbons (Fsp3) is 0.273. The number of hydrogen-bond acceptors (Lipinski definition) is 3. The highest BCUT2D eigenvalue weighted by Gasteiger charge is 2.19. The molecular formula is C22H24N2O3. The average molecular weight is 364 g/mol. The van der Waals surface area contributed by atoms with Crippen molar-refractivity contribution in [2.75, 3.05) is 13.2 Å². The molecule has 3 aromatic rings. The highest BCUT2D eigenvalue weighted by Crippen LogP contribution is 2.16. The number of fused-ring (bicyclic) bond motifs is 1. The van der Waals surface area contributed by atoms with E-state index in [4.69, 9.17) is 0 Å². The maximum Gasteiger partial charge on any atom is 0.254 e. The van der Waals surface area contributed by atoms with E-state index in [9.17, 15) is 14.7 Å². The van der Waals surface area contributed by atoms with Gasteiger partial charge in [-0.15, -0.1) is 0 Å². The van der Waals surface area contributed by atoms with Gasteiger partial charge in [0.15, 0.2) is 0 Å². The van der Waals surface area contributed by atoms with Crippen molar-refractivity contribution in [2.45, 2.75) is 26.8 Å². The summed E-state index contributed by atoms with van der Waals surface area (Å²) in [5.74, 6) is -0.134. The van der Waals surface area contributed by atoms with Crippen molar-refractivity contribution in [3.8, 4) is 0 Å². The summed E-state index contributed by atoms with van der Waals surface area (Å²) in [6.45, 7) is 4.47. The summed E-state index contributed by atoms with van der Waals surface area (Å²) in [6.07, 6.45) is 0.461. The third kappa shape index (κ3) is 4.26. The van der Waals surface area contributed by atoms with Crippen molar-refractivity contribution in [3.63, 3.8) is 0 Å². The van der Waals surface area contributed by atoms with Gasteiger partial charge in [0.2, 0.25) is 0 Å². The lowest BCUT2D eigenvalue weighted by Crippen LogP contribution is -2.34. The molecule has 0 radical (unpaired) electrons. The first-order valence-electron chi connectivity index (χ1n) is 9.08. The molecule has 3 rings (SSSR count). The van der Waals surface area contributed by atoms with Crippen LogP contribution in [0.2, 0.25) is 0 Å². The predicted molar refractivity (Wildman–Crippen MR) is 107 cm³/mol. The molecule has 0 aliphatic rings. The number of amides is 1. The second-order valence-corrected chi connectivity index (χ2v) is 6.83. The lowest BCUT2D eigenvalue weighted by atomic mass is 10.1. The van der Waals surface area contributed by atoms with Crippen molar-refractivity contribution < 1.29 is 9.90 Å². The summed E-state index contributed by atoms with van der Waals surface area (Å²) in [7, 11) is 0. The molecular weight excluding hydrogens is 340 g/mol. The number of nitrogens with one attached hydrogen (secondary N) is 1. The third-order valence-electron chi connectivity index (χ3n) is 4.69. The Bertz CT molecular complexity index is 1020. The molecule has 0 saturated carbocycles. The Labute approximate surface area is 158 Å². The quantitative estimate of drug-likeness (QED) is 0.706. The molecule has 1 aromatic heterocycles. The van der Waals surface area contributed by atoms with Gasteiger partial charge in [0.25, 0.3) is 11.5 Å². The summed E-state index contributed by atoms with van der Waals surface area (Å²) < 4.78 is 0. The number of aromatic amines is 1. The topological polar surface area (TPSA) is 73.4 Å². The monoisotopic (exact) mass is 364 g/mol. The van der Waals surface area contributed by atoms with Crippen LogP contribution in [-0.4, -0.2) is 34.0 Å². The molecule has 0 aliphatic heterocycles. The number of hydrogen-bond donors (Lipinski definition) is 2. The van der Waals surface area contributed by atoms with E-state index in [2.05, 4.69) is 4.98 Å². The summed E-state index contributed by atoms with van der Waals surface area (Å²) in [5, 5.41) is 10.1. The zero-order chi connectivity index (χ0) is 19.4. The molecule has 1 heterocycles. The molecule has 0 fully saturated rings. The van der Waals surface area contributed by atoms with Crippen LogP contribution in [-0.2, 0) is 6.54 Å². The molecule has 5 heteroatoms. The maximum absolute atomic E-state index is 13.0. The zero-order valence-electron chi connectivity index (χ0n) is 15.7. The van der Waals surface area contributed by atoms with Crippen molar-refractivity contribution >= 4 is 16.8 Å². The van der Waals surface area contributed by atoms with Gasteiger partial charge in [-0.3, -0.25) is 9.59 Å². The number of aromatic nitrogens is 1. The number of carbonyl (C=O) groups is 1. The molecule has 2 N–H and O–H groups in total. The van der Waals surface area contributed by atoms with E-state index in [1.165, 1.54) is 0 Å². The van der Waals surface area contributed by atoms with Gasteiger partial charge in [-0.05, 0) is 55.5 Å². The normalized spacial score (nSPS) is 10.9. The molecule has 140 valence electrons.